The third-order valence-corrected chi connectivity index (χ3v) is 3.77. The van der Waals surface area contributed by atoms with Crippen LogP contribution in [-0.4, -0.2) is 18.3 Å². The first-order valence-electron chi connectivity index (χ1n) is 6.75. The van der Waals surface area contributed by atoms with Crippen molar-refractivity contribution in [1.29, 1.82) is 0 Å². The standard InChI is InChI=1S/C14H26F3N/c1-6-7-18-13(14(15,16)17)9-11(2,3)8-12(4,5)10-13/h18H,6-10H2,1-5H3. The van der Waals surface area contributed by atoms with E-state index in [-0.39, 0.29) is 23.7 Å². The molecule has 1 fully saturated rings. The van der Waals surface area contributed by atoms with Crippen LogP contribution in [0.2, 0.25) is 0 Å². The fourth-order valence-corrected chi connectivity index (χ4v) is 3.91. The third kappa shape index (κ3) is 3.40. The monoisotopic (exact) mass is 265 g/mol. The predicted molar refractivity (Wildman–Crippen MR) is 68.5 cm³/mol. The zero-order valence-electron chi connectivity index (χ0n) is 12.2. The van der Waals surface area contributed by atoms with Crippen molar-refractivity contribution in [2.24, 2.45) is 10.8 Å². The SMILES string of the molecule is CCCNC1(C(F)(F)F)CC(C)(C)CC(C)(C)C1. The number of hydrogen-bond acceptors (Lipinski definition) is 1. The minimum atomic E-state index is -4.18. The summed E-state index contributed by atoms with van der Waals surface area (Å²) in [6.45, 7) is 10.1. The van der Waals surface area contributed by atoms with Crippen molar-refractivity contribution in [1.82, 2.24) is 5.32 Å². The van der Waals surface area contributed by atoms with E-state index < -0.39 is 11.7 Å². The molecule has 1 nitrogen and oxygen atoms in total. The van der Waals surface area contributed by atoms with Gasteiger partial charge in [-0.2, -0.15) is 13.2 Å². The molecular formula is C14H26F3N. The number of alkyl halides is 3. The highest BCUT2D eigenvalue weighted by Crippen LogP contribution is 2.54. The van der Waals surface area contributed by atoms with E-state index in [4.69, 9.17) is 0 Å². The Morgan fingerprint density at radius 2 is 1.39 bits per heavy atom. The molecule has 0 bridgehead atoms. The molecule has 0 aliphatic heterocycles. The van der Waals surface area contributed by atoms with Gasteiger partial charge in [-0.3, -0.25) is 0 Å². The summed E-state index contributed by atoms with van der Waals surface area (Å²) >= 11 is 0. The zero-order chi connectivity index (χ0) is 14.2. The topological polar surface area (TPSA) is 12.0 Å². The molecule has 1 aliphatic carbocycles. The summed E-state index contributed by atoms with van der Waals surface area (Å²) < 4.78 is 40.6. The Hall–Kier alpha value is -0.250. The summed E-state index contributed by atoms with van der Waals surface area (Å²) in [6, 6.07) is 0. The molecule has 4 heteroatoms. The van der Waals surface area contributed by atoms with Gasteiger partial charge in [-0.15, -0.1) is 0 Å². The minimum absolute atomic E-state index is 0.174. The molecule has 1 rings (SSSR count). The van der Waals surface area contributed by atoms with Crippen LogP contribution in [-0.2, 0) is 0 Å². The summed E-state index contributed by atoms with van der Waals surface area (Å²) in [6.07, 6.45) is -2.28. The molecule has 0 heterocycles. The molecule has 1 aliphatic rings. The van der Waals surface area contributed by atoms with Crippen molar-refractivity contribution < 1.29 is 13.2 Å². The van der Waals surface area contributed by atoms with Gasteiger partial charge in [0, 0.05) is 0 Å². The Labute approximate surface area is 109 Å². The maximum atomic E-state index is 13.5. The van der Waals surface area contributed by atoms with E-state index in [9.17, 15) is 13.2 Å². The molecule has 0 saturated heterocycles. The number of hydrogen-bond donors (Lipinski definition) is 1. The lowest BCUT2D eigenvalue weighted by molar-refractivity contribution is -0.226. The van der Waals surface area contributed by atoms with E-state index in [2.05, 4.69) is 5.32 Å². The second-order valence-electron chi connectivity index (χ2n) is 7.37. The van der Waals surface area contributed by atoms with Crippen LogP contribution in [0.1, 0.15) is 60.3 Å². The molecule has 0 amide bonds. The van der Waals surface area contributed by atoms with Gasteiger partial charge >= 0.3 is 6.18 Å². The molecule has 18 heavy (non-hydrogen) atoms. The third-order valence-electron chi connectivity index (χ3n) is 3.77. The first-order chi connectivity index (χ1) is 7.93. The van der Waals surface area contributed by atoms with Gasteiger partial charge in [-0.05, 0) is 43.1 Å². The van der Waals surface area contributed by atoms with Crippen LogP contribution in [0.5, 0.6) is 0 Å². The molecule has 0 aromatic heterocycles. The zero-order valence-corrected chi connectivity index (χ0v) is 12.2. The van der Waals surface area contributed by atoms with Gasteiger partial charge in [0.05, 0.1) is 0 Å². The quantitative estimate of drug-likeness (QED) is 0.791. The Balaban J connectivity index is 3.09. The van der Waals surface area contributed by atoms with Gasteiger partial charge in [0.2, 0.25) is 0 Å². The van der Waals surface area contributed by atoms with Crippen molar-refractivity contribution in [3.63, 3.8) is 0 Å². The van der Waals surface area contributed by atoms with Crippen LogP contribution in [0.3, 0.4) is 0 Å². The van der Waals surface area contributed by atoms with Crippen LogP contribution in [0.4, 0.5) is 13.2 Å². The van der Waals surface area contributed by atoms with Gasteiger partial charge in [0.1, 0.15) is 5.54 Å². The Morgan fingerprint density at radius 3 is 1.72 bits per heavy atom. The van der Waals surface area contributed by atoms with Crippen molar-refractivity contribution in [2.75, 3.05) is 6.54 Å². The highest BCUT2D eigenvalue weighted by molar-refractivity contribution is 5.06. The Bertz CT molecular complexity index is 276. The van der Waals surface area contributed by atoms with E-state index in [1.165, 1.54) is 0 Å². The summed E-state index contributed by atoms with van der Waals surface area (Å²) in [4.78, 5) is 0. The second kappa shape index (κ2) is 4.69. The molecule has 1 N–H and O–H groups in total. The van der Waals surface area contributed by atoms with Crippen molar-refractivity contribution in [3.8, 4) is 0 Å². The van der Waals surface area contributed by atoms with Crippen molar-refractivity contribution in [2.45, 2.75) is 72.0 Å². The summed E-state index contributed by atoms with van der Waals surface area (Å²) in [5.41, 5.74) is -2.27. The van der Waals surface area contributed by atoms with Gasteiger partial charge in [-0.1, -0.05) is 34.6 Å². The minimum Gasteiger partial charge on any atom is -0.304 e. The van der Waals surface area contributed by atoms with Crippen LogP contribution in [0.15, 0.2) is 0 Å². The van der Waals surface area contributed by atoms with Gasteiger partial charge in [0.25, 0.3) is 0 Å². The fraction of sp³-hybridized carbons (Fsp3) is 1.00. The lowest BCUT2D eigenvalue weighted by atomic mass is 9.58. The predicted octanol–water partition coefficient (Wildman–Crippen LogP) is 4.52. The maximum absolute atomic E-state index is 13.5. The lowest BCUT2D eigenvalue weighted by Crippen LogP contribution is -2.63. The Morgan fingerprint density at radius 1 is 0.944 bits per heavy atom. The largest absolute Gasteiger partial charge is 0.406 e. The van der Waals surface area contributed by atoms with Gasteiger partial charge in [0.15, 0.2) is 0 Å². The summed E-state index contributed by atoms with van der Waals surface area (Å²) in [5, 5.41) is 2.81. The highest BCUT2D eigenvalue weighted by Gasteiger charge is 2.60. The van der Waals surface area contributed by atoms with Crippen LogP contribution in [0.25, 0.3) is 0 Å². The molecule has 0 radical (unpaired) electrons. The molecule has 0 atom stereocenters. The first kappa shape index (κ1) is 15.8. The van der Waals surface area contributed by atoms with E-state index in [1.807, 2.05) is 34.6 Å². The molecular weight excluding hydrogens is 239 g/mol. The van der Waals surface area contributed by atoms with Crippen LogP contribution < -0.4 is 5.32 Å². The number of halogens is 3. The number of rotatable bonds is 3. The molecule has 108 valence electrons. The van der Waals surface area contributed by atoms with Gasteiger partial charge < -0.3 is 5.32 Å². The highest BCUT2D eigenvalue weighted by atomic mass is 19.4. The molecule has 0 unspecified atom stereocenters. The average molecular weight is 265 g/mol. The van der Waals surface area contributed by atoms with Crippen LogP contribution >= 0.6 is 0 Å². The number of nitrogens with one attached hydrogen (secondary N) is 1. The van der Waals surface area contributed by atoms with E-state index >= 15 is 0 Å². The molecule has 0 aromatic rings. The molecule has 1 saturated carbocycles. The first-order valence-corrected chi connectivity index (χ1v) is 6.75. The Kier molecular flexibility index (Phi) is 4.12. The van der Waals surface area contributed by atoms with E-state index in [1.54, 1.807) is 0 Å². The smallest absolute Gasteiger partial charge is 0.304 e. The fourth-order valence-electron chi connectivity index (χ4n) is 3.91. The summed E-state index contributed by atoms with van der Waals surface area (Å²) in [5.74, 6) is 0. The van der Waals surface area contributed by atoms with Crippen molar-refractivity contribution >= 4 is 0 Å². The lowest BCUT2D eigenvalue weighted by Gasteiger charge is -2.52. The second-order valence-corrected chi connectivity index (χ2v) is 7.37. The molecule has 0 aromatic carbocycles. The average Bonchev–Trinajstić information content (AvgIpc) is 2.07. The van der Waals surface area contributed by atoms with Crippen molar-refractivity contribution in [3.05, 3.63) is 0 Å². The molecule has 0 spiro atoms. The van der Waals surface area contributed by atoms with Crippen LogP contribution in [0, 0.1) is 10.8 Å². The summed E-state index contributed by atoms with van der Waals surface area (Å²) in [7, 11) is 0. The van der Waals surface area contributed by atoms with E-state index in [0.29, 0.717) is 6.54 Å². The normalized spacial score (nSPS) is 26.0. The maximum Gasteiger partial charge on any atom is 0.406 e. The van der Waals surface area contributed by atoms with Gasteiger partial charge in [-0.25, -0.2) is 0 Å². The van der Waals surface area contributed by atoms with E-state index in [0.717, 1.165) is 12.8 Å².